The lowest BCUT2D eigenvalue weighted by Gasteiger charge is -2.64. The Hall–Kier alpha value is -2.34. The van der Waals surface area contributed by atoms with Gasteiger partial charge in [0.1, 0.15) is 18.0 Å². The number of ether oxygens (including phenoxy) is 3. The quantitative estimate of drug-likeness (QED) is 0.342. The molecular weight excluding hydrogens is 556 g/mol. The Kier molecular flexibility index (Phi) is 6.97. The number of hydrogen-bond acceptors (Lipinski definition) is 5. The molecule has 0 spiro atoms. The van der Waals surface area contributed by atoms with Crippen molar-refractivity contribution in [2.45, 2.75) is 91.8 Å². The number of fused-ring (bicyclic) bond motifs is 5. The Morgan fingerprint density at radius 1 is 0.949 bits per heavy atom. The molecule has 2 aromatic rings. The summed E-state index contributed by atoms with van der Waals surface area (Å²) in [6, 6.07) is 9.52. The van der Waals surface area contributed by atoms with E-state index in [1.54, 1.807) is 19.2 Å². The molecule has 5 rings (SSSR count). The molecule has 0 N–H and O–H groups in total. The second-order valence-corrected chi connectivity index (χ2v) is 14.0. The zero-order valence-electron chi connectivity index (χ0n) is 24.4. The average molecular weight is 598 g/mol. The van der Waals surface area contributed by atoms with E-state index in [4.69, 9.17) is 14.2 Å². The maximum Gasteiger partial charge on any atom is 0.338 e. The molecule has 6 heteroatoms. The van der Waals surface area contributed by atoms with E-state index >= 15 is 0 Å². The average Bonchev–Trinajstić information content (AvgIpc) is 3.19. The lowest BCUT2D eigenvalue weighted by Crippen LogP contribution is -2.64. The maximum absolute atomic E-state index is 13.2. The lowest BCUT2D eigenvalue weighted by atomic mass is 9.42. The summed E-state index contributed by atoms with van der Waals surface area (Å²) in [6.45, 7) is 15.0. The third-order valence-corrected chi connectivity index (χ3v) is 11.5. The van der Waals surface area contributed by atoms with Gasteiger partial charge in [-0.05, 0) is 109 Å². The first-order chi connectivity index (χ1) is 18.2. The van der Waals surface area contributed by atoms with Crippen LogP contribution < -0.4 is 4.74 Å². The van der Waals surface area contributed by atoms with Gasteiger partial charge in [0.15, 0.2) is 0 Å². The largest absolute Gasteiger partial charge is 0.496 e. The molecule has 2 aromatic carbocycles. The number of rotatable bonds is 4. The van der Waals surface area contributed by atoms with Gasteiger partial charge in [0.05, 0.1) is 12.7 Å². The molecule has 0 saturated heterocycles. The molecular formula is C33H41BrO5. The van der Waals surface area contributed by atoms with Gasteiger partial charge in [0, 0.05) is 22.2 Å². The summed E-state index contributed by atoms with van der Waals surface area (Å²) >= 11 is 3.44. The van der Waals surface area contributed by atoms with Gasteiger partial charge in [-0.3, -0.25) is 4.79 Å². The third kappa shape index (κ3) is 4.24. The van der Waals surface area contributed by atoms with Gasteiger partial charge < -0.3 is 14.2 Å². The van der Waals surface area contributed by atoms with Gasteiger partial charge in [-0.25, -0.2) is 4.79 Å². The Labute approximate surface area is 241 Å². The Morgan fingerprint density at radius 2 is 1.62 bits per heavy atom. The summed E-state index contributed by atoms with van der Waals surface area (Å²) in [5, 5.41) is 0. The first kappa shape index (κ1) is 28.2. The summed E-state index contributed by atoms with van der Waals surface area (Å²) in [6.07, 6.45) is 2.96. The molecule has 2 saturated carbocycles. The van der Waals surface area contributed by atoms with E-state index in [2.05, 4.69) is 63.5 Å². The zero-order valence-corrected chi connectivity index (χ0v) is 26.0. The number of halogens is 1. The summed E-state index contributed by atoms with van der Waals surface area (Å²) in [5.41, 5.74) is 5.02. The number of esters is 2. The van der Waals surface area contributed by atoms with Crippen molar-refractivity contribution in [3.05, 3.63) is 62.6 Å². The van der Waals surface area contributed by atoms with E-state index in [9.17, 15) is 9.59 Å². The topological polar surface area (TPSA) is 61.8 Å². The molecule has 3 aliphatic carbocycles. The van der Waals surface area contributed by atoms with Gasteiger partial charge in [-0.15, -0.1) is 0 Å². The minimum atomic E-state index is -0.324. The molecule has 0 aliphatic heterocycles. The summed E-state index contributed by atoms with van der Waals surface area (Å²) < 4.78 is 19.1. The monoisotopic (exact) mass is 596 g/mol. The predicted molar refractivity (Wildman–Crippen MR) is 155 cm³/mol. The fourth-order valence-electron chi connectivity index (χ4n) is 8.69. The van der Waals surface area contributed by atoms with Crippen molar-refractivity contribution in [2.75, 3.05) is 7.11 Å². The minimum absolute atomic E-state index is 0.0119. The van der Waals surface area contributed by atoms with Crippen molar-refractivity contribution < 1.29 is 23.8 Å². The van der Waals surface area contributed by atoms with E-state index in [0.717, 1.165) is 35.9 Å². The molecule has 3 aliphatic rings. The molecule has 2 fully saturated rings. The van der Waals surface area contributed by atoms with Crippen molar-refractivity contribution >= 4 is 27.9 Å². The lowest BCUT2D eigenvalue weighted by molar-refractivity contribution is -0.196. The van der Waals surface area contributed by atoms with E-state index in [0.29, 0.717) is 5.56 Å². The van der Waals surface area contributed by atoms with Crippen LogP contribution in [0.5, 0.6) is 5.75 Å². The highest BCUT2D eigenvalue weighted by atomic mass is 79.9. The highest BCUT2D eigenvalue weighted by Gasteiger charge is 2.67. The van der Waals surface area contributed by atoms with Crippen LogP contribution >= 0.6 is 15.9 Å². The second-order valence-electron chi connectivity index (χ2n) is 13.0. The van der Waals surface area contributed by atoms with Crippen LogP contribution in [0.3, 0.4) is 0 Å². The maximum atomic E-state index is 13.2. The summed E-state index contributed by atoms with van der Waals surface area (Å²) in [7, 11) is 1.73. The molecule has 0 radical (unpaired) electrons. The Morgan fingerprint density at radius 3 is 2.23 bits per heavy atom. The van der Waals surface area contributed by atoms with Crippen molar-refractivity contribution in [1.29, 1.82) is 0 Å². The van der Waals surface area contributed by atoms with Crippen LogP contribution in [0, 0.1) is 36.5 Å². The van der Waals surface area contributed by atoms with Gasteiger partial charge >= 0.3 is 11.9 Å². The fourth-order valence-corrected chi connectivity index (χ4v) is 8.96. The smallest absolute Gasteiger partial charge is 0.338 e. The van der Waals surface area contributed by atoms with E-state index in [-0.39, 0.29) is 52.2 Å². The number of carbonyl (C=O) groups excluding carboxylic acids is 2. The van der Waals surface area contributed by atoms with Crippen molar-refractivity contribution in [2.24, 2.45) is 22.7 Å². The van der Waals surface area contributed by atoms with Gasteiger partial charge in [0.2, 0.25) is 0 Å². The molecule has 5 nitrogen and oxygen atoms in total. The van der Waals surface area contributed by atoms with Gasteiger partial charge in [0.25, 0.3) is 0 Å². The molecule has 210 valence electrons. The first-order valence-electron chi connectivity index (χ1n) is 14.1. The number of carbonyl (C=O) groups is 2. The normalized spacial score (nSPS) is 32.4. The molecule has 0 aromatic heterocycles. The predicted octanol–water partition coefficient (Wildman–Crippen LogP) is 7.51. The van der Waals surface area contributed by atoms with Crippen LogP contribution in [0.15, 0.2) is 34.8 Å². The highest BCUT2D eigenvalue weighted by Crippen LogP contribution is 2.68. The van der Waals surface area contributed by atoms with Crippen LogP contribution in [-0.4, -0.2) is 31.3 Å². The SMILES string of the molecule is COc1cc2c(c(C)c1C)C[C@@H]1[C@@]3(C)CC[C@H](OC(=O)c4ccc(Br)cc4)C(C)(C)[C@@H]3C[C@H](OC(C)=O)[C@@]21C. The Balaban J connectivity index is 1.54. The Bertz CT molecular complexity index is 1310. The second kappa shape index (κ2) is 9.64. The standard InChI is InChI=1S/C33H41BrO5/c1-18-19(2)25(37-8)16-24-23(18)15-27-32(6)14-13-28(39-30(36)21-9-11-22(34)12-10-21)31(4,5)26(32)17-29(33(24,27)7)38-20(3)35/h9-12,16,26-29H,13-15,17H2,1-8H3/t26-,27+,28-,29-,32-,33-/m0/s1. The highest BCUT2D eigenvalue weighted by molar-refractivity contribution is 9.10. The summed E-state index contributed by atoms with van der Waals surface area (Å²) in [5.74, 6) is 0.857. The van der Waals surface area contributed by atoms with Crippen LogP contribution in [0.2, 0.25) is 0 Å². The third-order valence-electron chi connectivity index (χ3n) is 10.9. The number of methoxy groups -OCH3 is 1. The van der Waals surface area contributed by atoms with Crippen molar-refractivity contribution in [3.63, 3.8) is 0 Å². The minimum Gasteiger partial charge on any atom is -0.496 e. The van der Waals surface area contributed by atoms with Gasteiger partial charge in [-0.1, -0.05) is 43.6 Å². The van der Waals surface area contributed by atoms with E-state index in [1.807, 2.05) is 12.1 Å². The van der Waals surface area contributed by atoms with E-state index in [1.165, 1.54) is 29.2 Å². The van der Waals surface area contributed by atoms with Crippen LogP contribution in [0.1, 0.15) is 86.5 Å². The molecule has 39 heavy (non-hydrogen) atoms. The van der Waals surface area contributed by atoms with Crippen molar-refractivity contribution in [3.8, 4) is 5.75 Å². The van der Waals surface area contributed by atoms with E-state index < -0.39 is 0 Å². The molecule has 6 atom stereocenters. The molecule has 0 bridgehead atoms. The van der Waals surface area contributed by atoms with Gasteiger partial charge in [-0.2, -0.15) is 0 Å². The fraction of sp³-hybridized carbons (Fsp3) is 0.576. The molecule has 0 amide bonds. The molecule has 0 heterocycles. The molecule has 0 unspecified atom stereocenters. The zero-order chi connectivity index (χ0) is 28.5. The number of hydrogen-bond donors (Lipinski definition) is 0. The number of benzene rings is 2. The van der Waals surface area contributed by atoms with Crippen LogP contribution in [0.25, 0.3) is 0 Å². The van der Waals surface area contributed by atoms with Crippen LogP contribution in [-0.2, 0) is 26.1 Å². The summed E-state index contributed by atoms with van der Waals surface area (Å²) in [4.78, 5) is 25.6. The first-order valence-corrected chi connectivity index (χ1v) is 14.9. The van der Waals surface area contributed by atoms with Crippen LogP contribution in [0.4, 0.5) is 0 Å². The van der Waals surface area contributed by atoms with Crippen molar-refractivity contribution in [1.82, 2.24) is 0 Å².